The highest BCUT2D eigenvalue weighted by atomic mass is 16.5. The molecule has 172 valence electrons. The van der Waals surface area contributed by atoms with Crippen molar-refractivity contribution < 1.29 is 14.3 Å². The number of carbonyl (C=O) groups excluding carboxylic acids is 2. The fourth-order valence-electron chi connectivity index (χ4n) is 6.81. The fourth-order valence-corrected chi connectivity index (χ4v) is 6.81. The van der Waals surface area contributed by atoms with Crippen molar-refractivity contribution in [2.45, 2.75) is 117 Å². The van der Waals surface area contributed by atoms with Gasteiger partial charge in [0.25, 0.3) is 0 Å². The van der Waals surface area contributed by atoms with Gasteiger partial charge in [-0.05, 0) is 94.8 Å². The summed E-state index contributed by atoms with van der Waals surface area (Å²) in [7, 11) is 0. The highest BCUT2D eigenvalue weighted by molar-refractivity contribution is 6.03. The molecule has 0 unspecified atom stereocenters. The Bertz CT molecular complexity index is 554. The van der Waals surface area contributed by atoms with E-state index in [2.05, 4.69) is 6.92 Å². The molecule has 0 amide bonds. The lowest BCUT2D eigenvalue weighted by Crippen LogP contribution is -2.44. The first kappa shape index (κ1) is 23.8. The topological polar surface area (TPSA) is 43.4 Å². The molecular weight excluding hydrogens is 372 g/mol. The fraction of sp³-hybridized carbons (Fsp3) is 0.926. The van der Waals surface area contributed by atoms with E-state index in [0.29, 0.717) is 31.3 Å². The van der Waals surface area contributed by atoms with Gasteiger partial charge in [0, 0.05) is 6.42 Å². The zero-order chi connectivity index (χ0) is 21.6. The highest BCUT2D eigenvalue weighted by Crippen LogP contribution is 2.47. The Labute approximate surface area is 185 Å². The van der Waals surface area contributed by atoms with Crippen molar-refractivity contribution in [2.75, 3.05) is 6.61 Å². The van der Waals surface area contributed by atoms with E-state index in [4.69, 9.17) is 4.74 Å². The Morgan fingerprint density at radius 1 is 0.867 bits per heavy atom. The smallest absolute Gasteiger partial charge is 0.319 e. The lowest BCUT2D eigenvalue weighted by Gasteiger charge is -2.42. The Morgan fingerprint density at radius 2 is 1.43 bits per heavy atom. The van der Waals surface area contributed by atoms with Gasteiger partial charge in [-0.3, -0.25) is 9.59 Å². The van der Waals surface area contributed by atoms with E-state index in [-0.39, 0.29) is 11.8 Å². The minimum Gasteiger partial charge on any atom is -0.465 e. The van der Waals surface area contributed by atoms with E-state index in [1.807, 2.05) is 6.92 Å². The summed E-state index contributed by atoms with van der Waals surface area (Å²) in [5.74, 6) is 3.92. The number of ether oxygens (including phenoxy) is 1. The quantitative estimate of drug-likeness (QED) is 0.239. The van der Waals surface area contributed by atoms with E-state index in [1.165, 1.54) is 77.0 Å². The molecule has 0 aliphatic heterocycles. The van der Waals surface area contributed by atoms with Crippen molar-refractivity contribution in [2.24, 2.45) is 35.0 Å². The Kier molecular flexibility index (Phi) is 8.83. The van der Waals surface area contributed by atoms with Crippen molar-refractivity contribution in [1.29, 1.82) is 0 Å². The van der Waals surface area contributed by atoms with Gasteiger partial charge in [0.05, 0.1) is 6.61 Å². The van der Waals surface area contributed by atoms with Crippen molar-refractivity contribution >= 4 is 11.8 Å². The molecule has 0 aromatic heterocycles. The van der Waals surface area contributed by atoms with E-state index >= 15 is 0 Å². The van der Waals surface area contributed by atoms with E-state index in [9.17, 15) is 9.59 Å². The van der Waals surface area contributed by atoms with Crippen molar-refractivity contribution in [3.63, 3.8) is 0 Å². The van der Waals surface area contributed by atoms with Gasteiger partial charge in [-0.25, -0.2) is 0 Å². The van der Waals surface area contributed by atoms with Crippen LogP contribution >= 0.6 is 0 Å². The lowest BCUT2D eigenvalue weighted by atomic mass is 9.62. The van der Waals surface area contributed by atoms with E-state index in [1.54, 1.807) is 6.92 Å². The van der Waals surface area contributed by atoms with Crippen LogP contribution in [-0.2, 0) is 14.3 Å². The molecule has 3 nitrogen and oxygen atoms in total. The first-order valence-corrected chi connectivity index (χ1v) is 13.2. The second-order valence-corrected chi connectivity index (χ2v) is 10.9. The van der Waals surface area contributed by atoms with Gasteiger partial charge in [0.15, 0.2) is 0 Å². The number of unbranched alkanes of at least 4 members (excludes halogenated alkanes) is 2. The first-order chi connectivity index (χ1) is 14.5. The Morgan fingerprint density at radius 3 is 1.97 bits per heavy atom. The predicted octanol–water partition coefficient (Wildman–Crippen LogP) is 7.12. The number of hydrogen-bond donors (Lipinski definition) is 0. The third-order valence-electron chi connectivity index (χ3n) is 9.06. The lowest BCUT2D eigenvalue weighted by molar-refractivity contribution is -0.162. The molecule has 0 spiro atoms. The minimum absolute atomic E-state index is 0.126. The molecule has 3 saturated carbocycles. The van der Waals surface area contributed by atoms with Gasteiger partial charge in [-0.1, -0.05) is 45.4 Å². The van der Waals surface area contributed by atoms with Crippen LogP contribution in [-0.4, -0.2) is 18.4 Å². The molecule has 0 aromatic rings. The maximum atomic E-state index is 12.8. The normalized spacial score (nSPS) is 37.7. The zero-order valence-corrected chi connectivity index (χ0v) is 19.9. The second kappa shape index (κ2) is 11.1. The Hall–Kier alpha value is -0.860. The van der Waals surface area contributed by atoms with Gasteiger partial charge in [0.1, 0.15) is 11.2 Å². The molecule has 3 aliphatic carbocycles. The molecule has 3 aliphatic rings. The zero-order valence-electron chi connectivity index (χ0n) is 19.9. The van der Waals surface area contributed by atoms with Crippen LogP contribution in [0.1, 0.15) is 117 Å². The standard InChI is InChI=1S/C27H46O3/c1-4-6-7-8-20-9-11-21(12-10-20)22-13-15-23(16-14-22)24-17-18-27(3,25(28)19-24)26(29)30-5-2/h20-24H,4-19H2,1-3H3/t20-,21-,22?,23?,24-,27+/m1/s1. The van der Waals surface area contributed by atoms with Crippen LogP contribution in [0.5, 0.6) is 0 Å². The SMILES string of the molecule is CCCCC[C@H]1CC[C@H](C2CCC([C@@H]3CC[C@](C)(C(=O)OCC)C(=O)C3)CC2)CC1. The molecule has 0 radical (unpaired) electrons. The van der Waals surface area contributed by atoms with E-state index in [0.717, 1.165) is 24.2 Å². The molecule has 30 heavy (non-hydrogen) atoms. The molecule has 0 saturated heterocycles. The van der Waals surface area contributed by atoms with E-state index < -0.39 is 5.41 Å². The average molecular weight is 419 g/mol. The number of Topliss-reactive ketones (excluding diaryl/α,β-unsaturated/α-hetero) is 1. The van der Waals surface area contributed by atoms with Crippen LogP contribution in [0, 0.1) is 35.0 Å². The average Bonchev–Trinajstić information content (AvgIpc) is 2.77. The van der Waals surface area contributed by atoms with Crippen LogP contribution in [0.25, 0.3) is 0 Å². The molecule has 0 N–H and O–H groups in total. The Balaban J connectivity index is 1.40. The third kappa shape index (κ3) is 5.68. The van der Waals surface area contributed by atoms with Gasteiger partial charge in [-0.15, -0.1) is 0 Å². The maximum absolute atomic E-state index is 12.8. The summed E-state index contributed by atoms with van der Waals surface area (Å²) in [5.41, 5.74) is -0.889. The summed E-state index contributed by atoms with van der Waals surface area (Å²) in [6.07, 6.45) is 19.1. The summed E-state index contributed by atoms with van der Waals surface area (Å²) < 4.78 is 5.19. The third-order valence-corrected chi connectivity index (χ3v) is 9.06. The number of esters is 1. The summed E-state index contributed by atoms with van der Waals surface area (Å²) in [4.78, 5) is 25.1. The van der Waals surface area contributed by atoms with Crippen LogP contribution < -0.4 is 0 Å². The molecule has 3 fully saturated rings. The van der Waals surface area contributed by atoms with Crippen molar-refractivity contribution in [3.8, 4) is 0 Å². The maximum Gasteiger partial charge on any atom is 0.319 e. The highest BCUT2D eigenvalue weighted by Gasteiger charge is 2.47. The van der Waals surface area contributed by atoms with Gasteiger partial charge >= 0.3 is 5.97 Å². The molecule has 3 heteroatoms. The molecule has 0 heterocycles. The molecule has 0 bridgehead atoms. The number of carbonyl (C=O) groups is 2. The summed E-state index contributed by atoms with van der Waals surface area (Å²) in [6.45, 7) is 6.28. The van der Waals surface area contributed by atoms with Crippen LogP contribution in [0.2, 0.25) is 0 Å². The summed E-state index contributed by atoms with van der Waals surface area (Å²) >= 11 is 0. The molecule has 0 aromatic carbocycles. The van der Waals surface area contributed by atoms with Crippen LogP contribution in [0.4, 0.5) is 0 Å². The van der Waals surface area contributed by atoms with Gasteiger partial charge in [0.2, 0.25) is 0 Å². The molecule has 3 rings (SSSR count). The van der Waals surface area contributed by atoms with Gasteiger partial charge in [-0.2, -0.15) is 0 Å². The van der Waals surface area contributed by atoms with Crippen LogP contribution in [0.3, 0.4) is 0 Å². The second-order valence-electron chi connectivity index (χ2n) is 10.9. The number of ketones is 1. The van der Waals surface area contributed by atoms with Crippen molar-refractivity contribution in [3.05, 3.63) is 0 Å². The number of rotatable bonds is 8. The largest absolute Gasteiger partial charge is 0.465 e. The monoisotopic (exact) mass is 418 g/mol. The van der Waals surface area contributed by atoms with Gasteiger partial charge < -0.3 is 4.74 Å². The number of hydrogen-bond acceptors (Lipinski definition) is 3. The van der Waals surface area contributed by atoms with Crippen molar-refractivity contribution in [1.82, 2.24) is 0 Å². The summed E-state index contributed by atoms with van der Waals surface area (Å²) in [5, 5.41) is 0. The molecular formula is C27H46O3. The molecule has 2 atom stereocenters. The first-order valence-electron chi connectivity index (χ1n) is 13.2. The minimum atomic E-state index is -0.889. The summed E-state index contributed by atoms with van der Waals surface area (Å²) in [6, 6.07) is 0. The predicted molar refractivity (Wildman–Crippen MR) is 122 cm³/mol. The van der Waals surface area contributed by atoms with Crippen LogP contribution in [0.15, 0.2) is 0 Å².